The van der Waals surface area contributed by atoms with E-state index in [1.807, 2.05) is 12.1 Å². The normalized spacial score (nSPS) is 18.0. The van der Waals surface area contributed by atoms with Gasteiger partial charge in [-0.25, -0.2) is 0 Å². The summed E-state index contributed by atoms with van der Waals surface area (Å²) in [4.78, 5) is 16.4. The van der Waals surface area contributed by atoms with Crippen molar-refractivity contribution >= 4 is 17.3 Å². The number of anilines is 2. The Morgan fingerprint density at radius 1 is 0.829 bits per heavy atom. The molecule has 2 N–H and O–H groups in total. The number of carbonyl (C=O) groups is 1. The molecule has 0 radical (unpaired) electrons. The molecule has 2 heterocycles. The molecule has 0 unspecified atom stereocenters. The quantitative estimate of drug-likeness (QED) is 0.436. The van der Waals surface area contributed by atoms with Crippen molar-refractivity contribution in [2.45, 2.75) is 57.5 Å². The molecule has 0 aromatic heterocycles. The Morgan fingerprint density at radius 3 is 2.03 bits per heavy atom. The van der Waals surface area contributed by atoms with Gasteiger partial charge in [0.2, 0.25) is 0 Å². The molecule has 0 atom stereocenters. The second-order valence-electron chi connectivity index (χ2n) is 9.81. The van der Waals surface area contributed by atoms with E-state index in [1.54, 1.807) is 0 Å². The summed E-state index contributed by atoms with van der Waals surface area (Å²) in [6.45, 7) is 5.86. The van der Waals surface area contributed by atoms with Crippen LogP contribution in [-0.2, 0) is 5.54 Å². The summed E-state index contributed by atoms with van der Waals surface area (Å²) in [5.74, 6) is 1.77. The second-order valence-corrected chi connectivity index (χ2v) is 9.81. The Morgan fingerprint density at radius 2 is 1.43 bits per heavy atom. The van der Waals surface area contributed by atoms with Gasteiger partial charge in [0.05, 0.1) is 0 Å². The van der Waals surface area contributed by atoms with E-state index in [0.717, 1.165) is 83.9 Å². The summed E-state index contributed by atoms with van der Waals surface area (Å²) in [5.41, 5.74) is 5.31. The summed E-state index contributed by atoms with van der Waals surface area (Å²) in [6.07, 6.45) is 5.65. The molecule has 3 aliphatic rings. The van der Waals surface area contributed by atoms with Crippen molar-refractivity contribution in [1.29, 1.82) is 0 Å². The first-order valence-electron chi connectivity index (χ1n) is 13.1. The highest BCUT2D eigenvalue weighted by atomic mass is 16.5. The van der Waals surface area contributed by atoms with Crippen molar-refractivity contribution in [3.05, 3.63) is 82.9 Å². The van der Waals surface area contributed by atoms with Gasteiger partial charge < -0.3 is 20.3 Å². The van der Waals surface area contributed by atoms with Gasteiger partial charge in [-0.3, -0.25) is 4.79 Å². The van der Waals surface area contributed by atoms with Crippen LogP contribution in [0.25, 0.3) is 0 Å². The van der Waals surface area contributed by atoms with Crippen molar-refractivity contribution in [1.82, 2.24) is 4.90 Å². The van der Waals surface area contributed by atoms with Crippen molar-refractivity contribution in [3.63, 3.8) is 0 Å². The van der Waals surface area contributed by atoms with Crippen LogP contribution in [0.3, 0.4) is 0 Å². The monoisotopic (exact) mass is 467 g/mol. The summed E-state index contributed by atoms with van der Waals surface area (Å²) >= 11 is 0. The first-order chi connectivity index (χ1) is 17.2. The Labute approximate surface area is 207 Å². The van der Waals surface area contributed by atoms with Crippen LogP contribution >= 0.6 is 0 Å². The van der Waals surface area contributed by atoms with Crippen LogP contribution in [0, 0.1) is 0 Å². The Bertz CT molecular complexity index is 1220. The zero-order valence-electron chi connectivity index (χ0n) is 20.6. The van der Waals surface area contributed by atoms with Crippen LogP contribution < -0.4 is 15.4 Å². The SMILES string of the molecule is CCNc1ccc2c(c1)Oc1cc(NCC)ccc1C21c2ccccc2C(=O)N1C1CCCCC1. The van der Waals surface area contributed by atoms with E-state index < -0.39 is 5.54 Å². The number of hydrogen-bond acceptors (Lipinski definition) is 4. The van der Waals surface area contributed by atoms with E-state index in [0.29, 0.717) is 0 Å². The van der Waals surface area contributed by atoms with Crippen molar-refractivity contribution in [3.8, 4) is 11.5 Å². The zero-order valence-corrected chi connectivity index (χ0v) is 20.6. The fourth-order valence-electron chi connectivity index (χ4n) is 6.43. The van der Waals surface area contributed by atoms with Crippen molar-refractivity contribution in [2.75, 3.05) is 23.7 Å². The molecule has 0 bridgehead atoms. The minimum Gasteiger partial charge on any atom is -0.456 e. The Hall–Kier alpha value is -3.47. The lowest BCUT2D eigenvalue weighted by Gasteiger charge is -2.48. The number of nitrogens with zero attached hydrogens (tertiary/aromatic N) is 1. The fourth-order valence-corrected chi connectivity index (χ4v) is 6.43. The third-order valence-corrected chi connectivity index (χ3v) is 7.79. The highest BCUT2D eigenvalue weighted by Crippen LogP contribution is 2.59. The maximum absolute atomic E-state index is 14.2. The van der Waals surface area contributed by atoms with Gasteiger partial charge in [0.15, 0.2) is 0 Å². The second kappa shape index (κ2) is 8.63. The third kappa shape index (κ3) is 3.24. The average molecular weight is 468 g/mol. The molecule has 5 nitrogen and oxygen atoms in total. The lowest BCUT2D eigenvalue weighted by molar-refractivity contribution is 0.0474. The maximum atomic E-state index is 14.2. The van der Waals surface area contributed by atoms with Gasteiger partial charge in [0.25, 0.3) is 5.91 Å². The molecular formula is C30H33N3O2. The van der Waals surface area contributed by atoms with Crippen LogP contribution in [0.2, 0.25) is 0 Å². The molecule has 1 saturated carbocycles. The van der Waals surface area contributed by atoms with Gasteiger partial charge in [0, 0.05) is 59.3 Å². The first-order valence-corrected chi connectivity index (χ1v) is 13.1. The molecule has 1 fully saturated rings. The van der Waals surface area contributed by atoms with Crippen LogP contribution in [0.1, 0.15) is 73.0 Å². The number of fused-ring (bicyclic) bond motifs is 6. The first kappa shape index (κ1) is 22.0. The topological polar surface area (TPSA) is 53.6 Å². The van der Waals surface area contributed by atoms with Crippen molar-refractivity contribution in [2.24, 2.45) is 0 Å². The van der Waals surface area contributed by atoms with Gasteiger partial charge in [-0.05, 0) is 50.5 Å². The number of rotatable bonds is 5. The van der Waals surface area contributed by atoms with Gasteiger partial charge >= 0.3 is 0 Å². The van der Waals surface area contributed by atoms with E-state index in [4.69, 9.17) is 4.74 Å². The van der Waals surface area contributed by atoms with Crippen molar-refractivity contribution < 1.29 is 9.53 Å². The predicted molar refractivity (Wildman–Crippen MR) is 141 cm³/mol. The molecular weight excluding hydrogens is 434 g/mol. The zero-order chi connectivity index (χ0) is 24.0. The molecule has 6 rings (SSSR count). The number of nitrogens with one attached hydrogen (secondary N) is 2. The molecule has 1 aliphatic carbocycles. The van der Waals surface area contributed by atoms with Gasteiger partial charge in [-0.1, -0.05) is 49.6 Å². The lowest BCUT2D eigenvalue weighted by Crippen LogP contribution is -2.52. The third-order valence-electron chi connectivity index (χ3n) is 7.79. The standard InChI is InChI=1S/C30H33N3O2/c1-3-31-20-14-16-25-27(18-20)35-28-19-21(32-4-2)15-17-26(28)30(25)24-13-9-8-12-23(24)29(34)33(30)22-10-6-5-7-11-22/h8-9,12-19,22,31-32H,3-7,10-11H2,1-2H3. The summed E-state index contributed by atoms with van der Waals surface area (Å²) in [5, 5.41) is 6.84. The Balaban J connectivity index is 1.66. The molecule has 180 valence electrons. The highest BCUT2D eigenvalue weighted by Gasteiger charge is 2.58. The fraction of sp³-hybridized carbons (Fsp3) is 0.367. The molecule has 2 aliphatic heterocycles. The molecule has 3 aromatic rings. The number of hydrogen-bond donors (Lipinski definition) is 2. The minimum absolute atomic E-state index is 0.137. The number of carbonyl (C=O) groups excluding carboxylic acids is 1. The van der Waals surface area contributed by atoms with Crippen LogP contribution in [-0.4, -0.2) is 29.9 Å². The average Bonchev–Trinajstić information content (AvgIpc) is 3.14. The number of benzene rings is 3. The van der Waals surface area contributed by atoms with Gasteiger partial charge in [-0.2, -0.15) is 0 Å². The molecule has 35 heavy (non-hydrogen) atoms. The Kier molecular flexibility index (Phi) is 5.43. The summed E-state index contributed by atoms with van der Waals surface area (Å²) < 4.78 is 6.61. The smallest absolute Gasteiger partial charge is 0.255 e. The van der Waals surface area contributed by atoms with Crippen LogP contribution in [0.4, 0.5) is 11.4 Å². The van der Waals surface area contributed by atoms with E-state index >= 15 is 0 Å². The van der Waals surface area contributed by atoms with E-state index in [-0.39, 0.29) is 11.9 Å². The summed E-state index contributed by atoms with van der Waals surface area (Å²) in [6, 6.07) is 21.1. The van der Waals surface area contributed by atoms with Gasteiger partial charge in [-0.15, -0.1) is 0 Å². The molecule has 1 spiro atoms. The predicted octanol–water partition coefficient (Wildman–Crippen LogP) is 6.74. The van der Waals surface area contributed by atoms with Gasteiger partial charge in [0.1, 0.15) is 17.0 Å². The number of amides is 1. The maximum Gasteiger partial charge on any atom is 0.255 e. The molecule has 0 saturated heterocycles. The van der Waals surface area contributed by atoms with E-state index in [1.165, 1.54) is 6.42 Å². The molecule has 1 amide bonds. The number of ether oxygens (including phenoxy) is 1. The van der Waals surface area contributed by atoms with Crippen LogP contribution in [0.15, 0.2) is 60.7 Å². The minimum atomic E-state index is -0.700. The molecule has 3 aromatic carbocycles. The van der Waals surface area contributed by atoms with E-state index in [9.17, 15) is 4.79 Å². The highest BCUT2D eigenvalue weighted by molar-refractivity contribution is 6.02. The molecule has 5 heteroatoms. The summed E-state index contributed by atoms with van der Waals surface area (Å²) in [7, 11) is 0. The largest absolute Gasteiger partial charge is 0.456 e. The lowest BCUT2D eigenvalue weighted by atomic mass is 9.73. The van der Waals surface area contributed by atoms with Crippen LogP contribution in [0.5, 0.6) is 11.5 Å². The van der Waals surface area contributed by atoms with E-state index in [2.05, 4.69) is 77.9 Å².